The second-order valence-corrected chi connectivity index (χ2v) is 3.98. The summed E-state index contributed by atoms with van der Waals surface area (Å²) in [7, 11) is 1.71. The zero-order chi connectivity index (χ0) is 12.0. The van der Waals surface area contributed by atoms with Crippen molar-refractivity contribution in [2.45, 2.75) is 19.9 Å². The topological polar surface area (TPSA) is 41.3 Å². The molecule has 1 aromatic carbocycles. The lowest BCUT2D eigenvalue weighted by Crippen LogP contribution is -3.13. The molecule has 4 N–H and O–H groups in total. The summed E-state index contributed by atoms with van der Waals surface area (Å²) in [6.07, 6.45) is 0. The monoisotopic (exact) mass is 224 g/mol. The van der Waals surface area contributed by atoms with E-state index in [0.717, 1.165) is 25.4 Å². The summed E-state index contributed by atoms with van der Waals surface area (Å²) in [4.78, 5) is 1.57. The Morgan fingerprint density at radius 2 is 2.00 bits per heavy atom. The highest BCUT2D eigenvalue weighted by Gasteiger charge is 2.21. The maximum atomic E-state index is 5.27. The Morgan fingerprint density at radius 3 is 2.50 bits per heavy atom. The van der Waals surface area contributed by atoms with Crippen LogP contribution in [0.1, 0.15) is 25.5 Å². The first-order chi connectivity index (χ1) is 7.76. The van der Waals surface area contributed by atoms with E-state index in [-0.39, 0.29) is 0 Å². The highest BCUT2D eigenvalue weighted by Crippen LogP contribution is 2.16. The summed E-state index contributed by atoms with van der Waals surface area (Å²) in [6, 6.07) is 8.82. The molecule has 0 fully saturated rings. The van der Waals surface area contributed by atoms with Crippen LogP contribution in [0.4, 0.5) is 0 Å². The lowest BCUT2D eigenvalue weighted by Gasteiger charge is -2.24. The van der Waals surface area contributed by atoms with E-state index in [9.17, 15) is 0 Å². The Balaban J connectivity index is 2.93. The number of hydrogen-bond acceptors (Lipinski definition) is 1. The number of methoxy groups -OCH3 is 1. The fourth-order valence-electron chi connectivity index (χ4n) is 2.21. The van der Waals surface area contributed by atoms with Crippen molar-refractivity contribution in [1.29, 1.82) is 0 Å². The number of nitrogens with one attached hydrogen (secondary N) is 1. The average molecular weight is 224 g/mol. The molecule has 0 aromatic heterocycles. The molecule has 1 aromatic rings. The van der Waals surface area contributed by atoms with Crippen molar-refractivity contribution in [3.63, 3.8) is 0 Å². The van der Waals surface area contributed by atoms with Gasteiger partial charge in [0.25, 0.3) is 0 Å². The highest BCUT2D eigenvalue weighted by molar-refractivity contribution is 5.29. The molecule has 16 heavy (non-hydrogen) atoms. The molecular weight excluding hydrogens is 200 g/mol. The largest absolute Gasteiger partial charge is 0.497 e. The molecule has 1 rings (SSSR count). The first kappa shape index (κ1) is 13.0. The molecule has 0 saturated heterocycles. The molecule has 3 nitrogen and oxygen atoms in total. The normalized spacial score (nSPS) is 12.8. The fraction of sp³-hybridized carbons (Fsp3) is 0.538. The van der Waals surface area contributed by atoms with E-state index in [1.807, 2.05) is 6.07 Å². The van der Waals surface area contributed by atoms with Gasteiger partial charge < -0.3 is 15.4 Å². The van der Waals surface area contributed by atoms with E-state index < -0.39 is 0 Å². The molecule has 0 saturated carbocycles. The van der Waals surface area contributed by atoms with E-state index in [2.05, 4.69) is 37.8 Å². The first-order valence-electron chi connectivity index (χ1n) is 6.04. The second kappa shape index (κ2) is 6.51. The van der Waals surface area contributed by atoms with Gasteiger partial charge >= 0.3 is 0 Å². The second-order valence-electron chi connectivity index (χ2n) is 3.98. The van der Waals surface area contributed by atoms with Crippen LogP contribution in [-0.2, 0) is 0 Å². The maximum absolute atomic E-state index is 5.27. The highest BCUT2D eigenvalue weighted by atomic mass is 16.5. The molecule has 3 heteroatoms. The third-order valence-electron chi connectivity index (χ3n) is 3.19. The molecule has 0 heterocycles. The molecular formula is C13H24N2O+2. The quantitative estimate of drug-likeness (QED) is 0.696. The molecule has 0 spiro atoms. The number of likely N-dealkylation sites (N-methyl/N-ethyl adjacent to an activating group) is 1. The Kier molecular flexibility index (Phi) is 5.29. The van der Waals surface area contributed by atoms with E-state index in [0.29, 0.717) is 6.04 Å². The molecule has 0 amide bonds. The zero-order valence-electron chi connectivity index (χ0n) is 10.6. The van der Waals surface area contributed by atoms with Gasteiger partial charge in [-0.3, -0.25) is 0 Å². The number of hydrogen-bond donors (Lipinski definition) is 2. The minimum Gasteiger partial charge on any atom is -0.497 e. The van der Waals surface area contributed by atoms with Crippen molar-refractivity contribution in [3.05, 3.63) is 29.8 Å². The fourth-order valence-corrected chi connectivity index (χ4v) is 2.21. The smallest absolute Gasteiger partial charge is 0.163 e. The molecule has 0 unspecified atom stereocenters. The molecule has 0 bridgehead atoms. The molecule has 0 aliphatic rings. The third kappa shape index (κ3) is 2.97. The van der Waals surface area contributed by atoms with Gasteiger partial charge in [-0.1, -0.05) is 12.1 Å². The van der Waals surface area contributed by atoms with E-state index >= 15 is 0 Å². The van der Waals surface area contributed by atoms with E-state index in [1.165, 1.54) is 5.56 Å². The van der Waals surface area contributed by atoms with Crippen LogP contribution < -0.4 is 15.4 Å². The van der Waals surface area contributed by atoms with Crippen LogP contribution in [0.25, 0.3) is 0 Å². The number of ether oxygens (including phenoxy) is 1. The maximum Gasteiger partial charge on any atom is 0.163 e. The van der Waals surface area contributed by atoms with Gasteiger partial charge in [0.2, 0.25) is 0 Å². The van der Waals surface area contributed by atoms with Crippen molar-refractivity contribution in [2.75, 3.05) is 26.7 Å². The minimum atomic E-state index is 0.477. The van der Waals surface area contributed by atoms with Gasteiger partial charge in [0, 0.05) is 5.56 Å². The predicted octanol–water partition coefficient (Wildman–Crippen LogP) is -0.0971. The molecule has 0 aliphatic heterocycles. The van der Waals surface area contributed by atoms with Crippen LogP contribution in [0.5, 0.6) is 5.75 Å². The van der Waals surface area contributed by atoms with Crippen molar-refractivity contribution >= 4 is 0 Å². The first-order valence-corrected chi connectivity index (χ1v) is 6.04. The Morgan fingerprint density at radius 1 is 1.31 bits per heavy atom. The standard InChI is InChI=1S/C13H22N2O/c1-4-15(5-2)13(10-14)11-7-6-8-12(9-11)16-3/h6-9,13H,4-5,10,14H2,1-3H3/p+2/t13-/m0/s1. The lowest BCUT2D eigenvalue weighted by molar-refractivity contribution is -0.934. The van der Waals surface area contributed by atoms with Crippen LogP contribution >= 0.6 is 0 Å². The van der Waals surface area contributed by atoms with Gasteiger partial charge in [0.1, 0.15) is 12.3 Å². The summed E-state index contributed by atoms with van der Waals surface area (Å²) in [5.41, 5.74) is 5.40. The summed E-state index contributed by atoms with van der Waals surface area (Å²) in [5.74, 6) is 0.933. The van der Waals surface area contributed by atoms with Crippen LogP contribution in [0, 0.1) is 0 Å². The van der Waals surface area contributed by atoms with Crippen LogP contribution in [0.3, 0.4) is 0 Å². The van der Waals surface area contributed by atoms with Gasteiger partial charge in [0.15, 0.2) is 6.04 Å². The van der Waals surface area contributed by atoms with Gasteiger partial charge in [-0.15, -0.1) is 0 Å². The molecule has 0 radical (unpaired) electrons. The van der Waals surface area contributed by atoms with Crippen molar-refractivity contribution in [2.24, 2.45) is 0 Å². The third-order valence-corrected chi connectivity index (χ3v) is 3.19. The number of rotatable bonds is 6. The Hall–Kier alpha value is -1.06. The SMILES string of the molecule is CC[NH+](CC)[C@@H](C[NH3+])c1cccc(OC)c1. The van der Waals surface area contributed by atoms with Gasteiger partial charge in [-0.05, 0) is 26.0 Å². The van der Waals surface area contributed by atoms with E-state index in [1.54, 1.807) is 12.0 Å². The predicted molar refractivity (Wildman–Crippen MR) is 65.5 cm³/mol. The Labute approximate surface area is 98.2 Å². The average Bonchev–Trinajstić information content (AvgIpc) is 2.35. The van der Waals surface area contributed by atoms with E-state index in [4.69, 9.17) is 4.74 Å². The summed E-state index contributed by atoms with van der Waals surface area (Å²) < 4.78 is 5.27. The summed E-state index contributed by atoms with van der Waals surface area (Å²) >= 11 is 0. The van der Waals surface area contributed by atoms with Gasteiger partial charge in [-0.25, -0.2) is 0 Å². The van der Waals surface area contributed by atoms with Crippen molar-refractivity contribution < 1.29 is 15.4 Å². The van der Waals surface area contributed by atoms with Crippen molar-refractivity contribution in [3.8, 4) is 5.75 Å². The summed E-state index contributed by atoms with van der Waals surface area (Å²) in [6.45, 7) is 7.63. The van der Waals surface area contributed by atoms with Crippen molar-refractivity contribution in [1.82, 2.24) is 0 Å². The summed E-state index contributed by atoms with van der Waals surface area (Å²) in [5, 5.41) is 0. The van der Waals surface area contributed by atoms with Crippen LogP contribution in [0.2, 0.25) is 0 Å². The molecule has 90 valence electrons. The molecule has 0 aliphatic carbocycles. The number of benzene rings is 1. The lowest BCUT2D eigenvalue weighted by atomic mass is 10.0. The van der Waals surface area contributed by atoms with Gasteiger partial charge in [0.05, 0.1) is 20.2 Å². The minimum absolute atomic E-state index is 0.477. The zero-order valence-corrected chi connectivity index (χ0v) is 10.6. The van der Waals surface area contributed by atoms with Crippen LogP contribution in [-0.4, -0.2) is 26.7 Å². The van der Waals surface area contributed by atoms with Gasteiger partial charge in [-0.2, -0.15) is 0 Å². The van der Waals surface area contributed by atoms with Crippen LogP contribution in [0.15, 0.2) is 24.3 Å². The Bertz CT molecular complexity index is 311. The number of quaternary nitrogens is 2. The molecule has 1 atom stereocenters.